The van der Waals surface area contributed by atoms with Gasteiger partial charge in [0.15, 0.2) is 0 Å². The first kappa shape index (κ1) is 14.4. The van der Waals surface area contributed by atoms with Gasteiger partial charge in [0.05, 0.1) is 12.6 Å². The van der Waals surface area contributed by atoms with Gasteiger partial charge < -0.3 is 10.6 Å². The second-order valence-corrected chi connectivity index (χ2v) is 6.17. The van der Waals surface area contributed by atoms with E-state index in [4.69, 9.17) is 5.73 Å². The normalized spacial score (nSPS) is 21.6. The van der Waals surface area contributed by atoms with Gasteiger partial charge in [0.2, 0.25) is 5.91 Å². The zero-order valence-electron chi connectivity index (χ0n) is 12.6. The van der Waals surface area contributed by atoms with E-state index in [1.807, 2.05) is 21.8 Å². The summed E-state index contributed by atoms with van der Waals surface area (Å²) < 4.78 is 1.97. The van der Waals surface area contributed by atoms with Gasteiger partial charge in [-0.2, -0.15) is 5.10 Å². The van der Waals surface area contributed by atoms with Crippen molar-refractivity contribution in [3.05, 3.63) is 12.3 Å². The molecule has 2 saturated heterocycles. The number of hydrogen-bond acceptors (Lipinski definition) is 4. The molecule has 3 heterocycles. The number of anilines is 1. The number of carbonyl (C=O) groups excluding carboxylic acids is 1. The molecule has 21 heavy (non-hydrogen) atoms. The van der Waals surface area contributed by atoms with Gasteiger partial charge in [0, 0.05) is 32.4 Å². The van der Waals surface area contributed by atoms with Gasteiger partial charge >= 0.3 is 0 Å². The molecule has 0 spiro atoms. The second kappa shape index (κ2) is 6.47. The largest absolute Gasteiger partial charge is 0.382 e. The second-order valence-electron chi connectivity index (χ2n) is 6.17. The third kappa shape index (κ3) is 3.56. The first-order valence-corrected chi connectivity index (χ1v) is 8.03. The first-order chi connectivity index (χ1) is 10.2. The maximum absolute atomic E-state index is 12.3. The van der Waals surface area contributed by atoms with Crippen molar-refractivity contribution in [3.63, 3.8) is 0 Å². The number of amides is 1. The van der Waals surface area contributed by atoms with E-state index in [1.54, 1.807) is 0 Å². The summed E-state index contributed by atoms with van der Waals surface area (Å²) >= 11 is 0. The predicted octanol–water partition coefficient (Wildman–Crippen LogP) is 1.11. The summed E-state index contributed by atoms with van der Waals surface area (Å²) in [5, 5.41) is 4.29. The predicted molar refractivity (Wildman–Crippen MR) is 81.8 cm³/mol. The molecule has 1 amide bonds. The molecule has 2 aliphatic rings. The van der Waals surface area contributed by atoms with Crippen LogP contribution in [-0.4, -0.2) is 58.2 Å². The number of nitrogens with two attached hydrogens (primary N) is 1. The molecule has 1 aromatic rings. The Morgan fingerprint density at radius 3 is 2.52 bits per heavy atom. The van der Waals surface area contributed by atoms with Crippen LogP contribution in [-0.2, 0) is 4.79 Å². The minimum atomic E-state index is 0.302. The Labute approximate surface area is 125 Å². The summed E-state index contributed by atoms with van der Waals surface area (Å²) in [5.74, 6) is 0.884. The van der Waals surface area contributed by atoms with Gasteiger partial charge in [-0.05, 0) is 38.2 Å². The van der Waals surface area contributed by atoms with Crippen molar-refractivity contribution in [1.29, 1.82) is 0 Å². The van der Waals surface area contributed by atoms with E-state index >= 15 is 0 Å². The Hall–Kier alpha value is -1.56. The van der Waals surface area contributed by atoms with Gasteiger partial charge in [0.25, 0.3) is 0 Å². The Bertz CT molecular complexity index is 472. The molecular weight excluding hydrogens is 266 g/mol. The van der Waals surface area contributed by atoms with Gasteiger partial charge in [-0.25, -0.2) is 0 Å². The summed E-state index contributed by atoms with van der Waals surface area (Å²) in [5.41, 5.74) is 5.67. The topological polar surface area (TPSA) is 67.4 Å². The lowest BCUT2D eigenvalue weighted by molar-refractivity contribution is -0.133. The number of likely N-dealkylation sites (tertiary alicyclic amines) is 2. The number of nitrogens with zero attached hydrogens (tertiary/aromatic N) is 4. The third-order valence-electron chi connectivity index (χ3n) is 4.63. The van der Waals surface area contributed by atoms with Crippen LogP contribution in [0.4, 0.5) is 5.82 Å². The molecule has 0 radical (unpaired) electrons. The summed E-state index contributed by atoms with van der Waals surface area (Å²) in [4.78, 5) is 16.6. The minimum absolute atomic E-state index is 0.302. The zero-order valence-corrected chi connectivity index (χ0v) is 12.6. The molecule has 0 atom stereocenters. The summed E-state index contributed by atoms with van der Waals surface area (Å²) in [6, 6.07) is 2.26. The van der Waals surface area contributed by atoms with Crippen molar-refractivity contribution in [3.8, 4) is 0 Å². The van der Waals surface area contributed by atoms with Crippen LogP contribution in [0.15, 0.2) is 12.3 Å². The van der Waals surface area contributed by atoms with Crippen LogP contribution in [0.25, 0.3) is 0 Å². The fraction of sp³-hybridized carbons (Fsp3) is 0.733. The Balaban J connectivity index is 1.46. The van der Waals surface area contributed by atoms with Crippen LogP contribution in [0.2, 0.25) is 0 Å². The molecule has 6 nitrogen and oxygen atoms in total. The molecule has 116 valence electrons. The molecule has 0 aromatic carbocycles. The molecular formula is C15H25N5O. The van der Waals surface area contributed by atoms with E-state index < -0.39 is 0 Å². The first-order valence-electron chi connectivity index (χ1n) is 8.03. The molecule has 0 aliphatic carbocycles. The quantitative estimate of drug-likeness (QED) is 0.906. The molecule has 2 fully saturated rings. The third-order valence-corrected chi connectivity index (χ3v) is 4.63. The number of rotatable bonds is 3. The average molecular weight is 291 g/mol. The molecule has 0 unspecified atom stereocenters. The number of carbonyl (C=O) groups is 1. The number of aromatic nitrogens is 2. The Morgan fingerprint density at radius 1 is 1.19 bits per heavy atom. The molecule has 0 bridgehead atoms. The van der Waals surface area contributed by atoms with Crippen molar-refractivity contribution in [2.45, 2.75) is 38.1 Å². The number of hydrogen-bond donors (Lipinski definition) is 1. The van der Waals surface area contributed by atoms with Crippen molar-refractivity contribution in [2.24, 2.45) is 0 Å². The molecule has 2 N–H and O–H groups in total. The maximum atomic E-state index is 12.3. The monoisotopic (exact) mass is 291 g/mol. The minimum Gasteiger partial charge on any atom is -0.382 e. The highest BCUT2D eigenvalue weighted by atomic mass is 16.2. The standard InChI is InChI=1S/C15H25N5O/c16-14-6-11-20(17-14)13-4-9-18(10-5-13)12-15(21)19-7-2-1-3-8-19/h6,11,13H,1-5,7-10,12H2,(H2,16,17). The number of piperidine rings is 2. The highest BCUT2D eigenvalue weighted by molar-refractivity contribution is 5.78. The van der Waals surface area contributed by atoms with Gasteiger partial charge in [0.1, 0.15) is 5.82 Å². The van der Waals surface area contributed by atoms with E-state index in [-0.39, 0.29) is 0 Å². The van der Waals surface area contributed by atoms with Gasteiger partial charge in [-0.3, -0.25) is 14.4 Å². The van der Waals surface area contributed by atoms with Crippen LogP contribution < -0.4 is 5.73 Å². The lowest BCUT2D eigenvalue weighted by Gasteiger charge is -2.34. The lowest BCUT2D eigenvalue weighted by Crippen LogP contribution is -2.45. The lowest BCUT2D eigenvalue weighted by atomic mass is 10.1. The van der Waals surface area contributed by atoms with E-state index in [0.29, 0.717) is 24.3 Å². The van der Waals surface area contributed by atoms with Crippen LogP contribution >= 0.6 is 0 Å². The molecule has 3 rings (SSSR count). The maximum Gasteiger partial charge on any atom is 0.236 e. The Kier molecular flexibility index (Phi) is 4.43. The van der Waals surface area contributed by atoms with Crippen molar-refractivity contribution >= 4 is 11.7 Å². The van der Waals surface area contributed by atoms with Crippen molar-refractivity contribution < 1.29 is 4.79 Å². The van der Waals surface area contributed by atoms with E-state index in [0.717, 1.165) is 51.9 Å². The van der Waals surface area contributed by atoms with Crippen LogP contribution in [0.3, 0.4) is 0 Å². The van der Waals surface area contributed by atoms with Crippen molar-refractivity contribution in [1.82, 2.24) is 19.6 Å². The van der Waals surface area contributed by atoms with E-state index in [2.05, 4.69) is 10.00 Å². The Morgan fingerprint density at radius 2 is 1.90 bits per heavy atom. The molecule has 1 aromatic heterocycles. The van der Waals surface area contributed by atoms with Crippen molar-refractivity contribution in [2.75, 3.05) is 38.5 Å². The zero-order chi connectivity index (χ0) is 14.7. The fourth-order valence-electron chi connectivity index (χ4n) is 3.33. The summed E-state index contributed by atoms with van der Waals surface area (Å²) in [6.45, 7) is 4.39. The van der Waals surface area contributed by atoms with Gasteiger partial charge in [-0.1, -0.05) is 0 Å². The van der Waals surface area contributed by atoms with Crippen LogP contribution in [0, 0.1) is 0 Å². The van der Waals surface area contributed by atoms with Crippen LogP contribution in [0.1, 0.15) is 38.1 Å². The fourth-order valence-corrected chi connectivity index (χ4v) is 3.33. The van der Waals surface area contributed by atoms with E-state index in [9.17, 15) is 4.79 Å². The van der Waals surface area contributed by atoms with Crippen LogP contribution in [0.5, 0.6) is 0 Å². The summed E-state index contributed by atoms with van der Waals surface area (Å²) in [7, 11) is 0. The summed E-state index contributed by atoms with van der Waals surface area (Å²) in [6.07, 6.45) is 7.61. The molecule has 6 heteroatoms. The molecule has 2 aliphatic heterocycles. The highest BCUT2D eigenvalue weighted by Crippen LogP contribution is 2.22. The highest BCUT2D eigenvalue weighted by Gasteiger charge is 2.24. The molecule has 0 saturated carbocycles. The SMILES string of the molecule is Nc1ccn(C2CCN(CC(=O)N3CCCCC3)CC2)n1. The van der Waals surface area contributed by atoms with Gasteiger partial charge in [-0.15, -0.1) is 0 Å². The average Bonchev–Trinajstić information content (AvgIpc) is 2.95. The number of nitrogen functional groups attached to an aromatic ring is 1. The smallest absolute Gasteiger partial charge is 0.236 e. The van der Waals surface area contributed by atoms with E-state index in [1.165, 1.54) is 6.42 Å².